The molecule has 96 valence electrons. The number of hydrogen-bond donors (Lipinski definition) is 1. The van der Waals surface area contributed by atoms with Gasteiger partial charge in [0.2, 0.25) is 0 Å². The van der Waals surface area contributed by atoms with Gasteiger partial charge in [0.1, 0.15) is 0 Å². The Morgan fingerprint density at radius 1 is 1.24 bits per heavy atom. The van der Waals surface area contributed by atoms with Gasteiger partial charge >= 0.3 is 0 Å². The summed E-state index contributed by atoms with van der Waals surface area (Å²) in [5.41, 5.74) is 0. The van der Waals surface area contributed by atoms with E-state index in [2.05, 4.69) is 29.8 Å². The van der Waals surface area contributed by atoms with E-state index in [9.17, 15) is 0 Å². The van der Waals surface area contributed by atoms with Crippen LogP contribution in [0.15, 0.2) is 12.7 Å². The lowest BCUT2D eigenvalue weighted by Gasteiger charge is -2.56. The first kappa shape index (κ1) is 11.7. The van der Waals surface area contributed by atoms with Crippen LogP contribution in [0.4, 0.5) is 0 Å². The maximum atomic E-state index is 3.90. The molecule has 5 atom stereocenters. The van der Waals surface area contributed by atoms with E-state index in [-0.39, 0.29) is 0 Å². The average Bonchev–Trinajstić information content (AvgIpc) is 2.28. The third kappa shape index (κ3) is 2.17. The quantitative estimate of drug-likeness (QED) is 0.739. The van der Waals surface area contributed by atoms with E-state index >= 15 is 0 Å². The fraction of sp³-hybridized carbons (Fsp3) is 0.867. The van der Waals surface area contributed by atoms with E-state index in [1.807, 2.05) is 0 Å². The summed E-state index contributed by atoms with van der Waals surface area (Å²) in [6.07, 6.45) is 12.3. The minimum absolute atomic E-state index is 0.671. The van der Waals surface area contributed by atoms with Gasteiger partial charge in [-0.25, -0.2) is 0 Å². The highest BCUT2D eigenvalue weighted by molar-refractivity contribution is 5.00. The molecule has 0 unspecified atom stereocenters. The summed E-state index contributed by atoms with van der Waals surface area (Å²) >= 11 is 0. The number of nitrogens with one attached hydrogen (secondary N) is 1. The van der Waals surface area contributed by atoms with Gasteiger partial charge in [-0.3, -0.25) is 10.2 Å². The third-order valence-electron chi connectivity index (χ3n) is 5.00. The smallest absolute Gasteiger partial charge is 0.0604 e. The van der Waals surface area contributed by atoms with E-state index in [4.69, 9.17) is 0 Å². The summed E-state index contributed by atoms with van der Waals surface area (Å²) in [7, 11) is 0. The van der Waals surface area contributed by atoms with Crippen molar-refractivity contribution in [3.63, 3.8) is 0 Å². The molecule has 2 nitrogen and oxygen atoms in total. The minimum atomic E-state index is 0.671. The second-order valence-corrected chi connectivity index (χ2v) is 6.40. The highest BCUT2D eigenvalue weighted by atomic mass is 15.3. The SMILES string of the molecule is C=CC[C@H]1C[C@H]2C[C@@H](C)C[C@@H]3CCC[C@H](N1)N23. The number of hydrogen-bond acceptors (Lipinski definition) is 2. The summed E-state index contributed by atoms with van der Waals surface area (Å²) in [5.74, 6) is 0.933. The molecular weight excluding hydrogens is 208 g/mol. The van der Waals surface area contributed by atoms with Crippen molar-refractivity contribution in [3.05, 3.63) is 12.7 Å². The van der Waals surface area contributed by atoms with Gasteiger partial charge < -0.3 is 0 Å². The second-order valence-electron chi connectivity index (χ2n) is 6.40. The standard InChI is InChI=1S/C15H26N2/c1-3-5-12-10-14-9-11(2)8-13-6-4-7-15(16-12)17(13)14/h3,11-16H,1,4-10H2,2H3/t11-,12-,13-,14+,15+/m0/s1. The summed E-state index contributed by atoms with van der Waals surface area (Å²) < 4.78 is 0. The zero-order valence-corrected chi connectivity index (χ0v) is 11.1. The molecule has 3 aliphatic heterocycles. The molecule has 0 aromatic carbocycles. The molecule has 17 heavy (non-hydrogen) atoms. The van der Waals surface area contributed by atoms with Crippen LogP contribution in [0.5, 0.6) is 0 Å². The van der Waals surface area contributed by atoms with Crippen molar-refractivity contribution in [3.8, 4) is 0 Å². The first-order valence-corrected chi connectivity index (χ1v) is 7.42. The first-order valence-electron chi connectivity index (χ1n) is 7.42. The summed E-state index contributed by atoms with van der Waals surface area (Å²) in [6.45, 7) is 6.35. The molecule has 0 aromatic rings. The van der Waals surface area contributed by atoms with E-state index < -0.39 is 0 Å². The normalized spacial score (nSPS) is 46.3. The zero-order valence-electron chi connectivity index (χ0n) is 11.1. The molecule has 0 radical (unpaired) electrons. The molecule has 2 heteroatoms. The molecule has 0 aromatic heterocycles. The summed E-state index contributed by atoms with van der Waals surface area (Å²) in [6, 6.07) is 2.41. The van der Waals surface area contributed by atoms with Crippen molar-refractivity contribution in [2.45, 2.75) is 76.2 Å². The molecule has 0 aliphatic carbocycles. The van der Waals surface area contributed by atoms with Crippen LogP contribution in [0.1, 0.15) is 51.9 Å². The van der Waals surface area contributed by atoms with Crippen molar-refractivity contribution in [2.75, 3.05) is 0 Å². The predicted octanol–water partition coefficient (Wildman–Crippen LogP) is 2.90. The Labute approximate surface area is 105 Å². The molecule has 3 saturated heterocycles. The van der Waals surface area contributed by atoms with Gasteiger partial charge in [0.15, 0.2) is 0 Å². The number of piperidine rings is 2. The molecule has 3 rings (SSSR count). The second kappa shape index (κ2) is 4.74. The van der Waals surface area contributed by atoms with Crippen molar-refractivity contribution >= 4 is 0 Å². The van der Waals surface area contributed by atoms with Crippen LogP contribution >= 0.6 is 0 Å². The summed E-state index contributed by atoms with van der Waals surface area (Å²) in [5, 5.41) is 3.85. The molecule has 0 bridgehead atoms. The van der Waals surface area contributed by atoms with Gasteiger partial charge in [-0.05, 0) is 50.9 Å². The van der Waals surface area contributed by atoms with Crippen LogP contribution in [-0.2, 0) is 0 Å². The highest BCUT2D eigenvalue weighted by Gasteiger charge is 2.44. The molecular formula is C15H26N2. The fourth-order valence-corrected chi connectivity index (χ4v) is 4.46. The highest BCUT2D eigenvalue weighted by Crippen LogP contribution is 2.39. The van der Waals surface area contributed by atoms with Crippen LogP contribution in [0.3, 0.4) is 0 Å². The van der Waals surface area contributed by atoms with E-state index in [1.54, 1.807) is 0 Å². The van der Waals surface area contributed by atoms with Crippen LogP contribution < -0.4 is 5.32 Å². The Hall–Kier alpha value is -0.340. The lowest BCUT2D eigenvalue weighted by atomic mass is 9.78. The van der Waals surface area contributed by atoms with E-state index in [0.29, 0.717) is 12.2 Å². The lowest BCUT2D eigenvalue weighted by Crippen LogP contribution is -2.66. The van der Waals surface area contributed by atoms with Crippen LogP contribution in [-0.4, -0.2) is 29.2 Å². The van der Waals surface area contributed by atoms with Gasteiger partial charge in [-0.15, -0.1) is 6.58 Å². The first-order chi connectivity index (χ1) is 8.28. The maximum absolute atomic E-state index is 3.90. The Balaban J connectivity index is 1.77. The average molecular weight is 234 g/mol. The molecule has 3 heterocycles. The minimum Gasteiger partial charge on any atom is -0.299 e. The maximum Gasteiger partial charge on any atom is 0.0604 e. The van der Waals surface area contributed by atoms with Crippen molar-refractivity contribution in [1.29, 1.82) is 0 Å². The predicted molar refractivity (Wildman–Crippen MR) is 71.8 cm³/mol. The molecule has 3 fully saturated rings. The Bertz CT molecular complexity index is 289. The van der Waals surface area contributed by atoms with Crippen molar-refractivity contribution in [1.82, 2.24) is 10.2 Å². The number of nitrogens with zero attached hydrogens (tertiary/aromatic N) is 1. The van der Waals surface area contributed by atoms with Gasteiger partial charge in [-0.2, -0.15) is 0 Å². The monoisotopic (exact) mass is 234 g/mol. The topological polar surface area (TPSA) is 15.3 Å². The van der Waals surface area contributed by atoms with E-state index in [0.717, 1.165) is 24.4 Å². The Morgan fingerprint density at radius 3 is 2.88 bits per heavy atom. The van der Waals surface area contributed by atoms with Crippen LogP contribution in [0.2, 0.25) is 0 Å². The van der Waals surface area contributed by atoms with Crippen LogP contribution in [0, 0.1) is 5.92 Å². The molecule has 0 spiro atoms. The van der Waals surface area contributed by atoms with Gasteiger partial charge in [0.05, 0.1) is 6.17 Å². The Morgan fingerprint density at radius 2 is 2.06 bits per heavy atom. The number of rotatable bonds is 2. The van der Waals surface area contributed by atoms with Crippen molar-refractivity contribution < 1.29 is 0 Å². The summed E-state index contributed by atoms with van der Waals surface area (Å²) in [4.78, 5) is 2.84. The lowest BCUT2D eigenvalue weighted by molar-refractivity contribution is -0.0622. The third-order valence-corrected chi connectivity index (χ3v) is 5.00. The van der Waals surface area contributed by atoms with Gasteiger partial charge in [-0.1, -0.05) is 13.0 Å². The molecule has 0 amide bonds. The molecule has 1 N–H and O–H groups in total. The molecule has 3 aliphatic rings. The molecule has 0 saturated carbocycles. The fourth-order valence-electron chi connectivity index (χ4n) is 4.46. The Kier molecular flexibility index (Phi) is 3.27. The van der Waals surface area contributed by atoms with Crippen molar-refractivity contribution in [2.24, 2.45) is 5.92 Å². The van der Waals surface area contributed by atoms with Gasteiger partial charge in [0, 0.05) is 18.1 Å². The largest absolute Gasteiger partial charge is 0.299 e. The van der Waals surface area contributed by atoms with E-state index in [1.165, 1.54) is 38.5 Å². The van der Waals surface area contributed by atoms with Crippen LogP contribution in [0.25, 0.3) is 0 Å². The zero-order chi connectivity index (χ0) is 11.8. The van der Waals surface area contributed by atoms with Gasteiger partial charge in [0.25, 0.3) is 0 Å².